The van der Waals surface area contributed by atoms with Gasteiger partial charge in [-0.2, -0.15) is 0 Å². The van der Waals surface area contributed by atoms with Gasteiger partial charge < -0.3 is 14.6 Å². The third-order valence-corrected chi connectivity index (χ3v) is 3.77. The number of rotatable bonds is 5. The lowest BCUT2D eigenvalue weighted by Gasteiger charge is -2.24. The summed E-state index contributed by atoms with van der Waals surface area (Å²) in [5.74, 6) is 0.966. The minimum Gasteiger partial charge on any atom is -0.467 e. The van der Waals surface area contributed by atoms with E-state index in [1.807, 2.05) is 19.2 Å². The number of hydrogen-bond donors (Lipinski definition) is 1. The summed E-state index contributed by atoms with van der Waals surface area (Å²) < 4.78 is 6.51. The second kappa shape index (κ2) is 6.26. The van der Waals surface area contributed by atoms with E-state index in [0.717, 1.165) is 16.8 Å². The normalized spacial score (nSPS) is 12.4. The van der Waals surface area contributed by atoms with Crippen molar-refractivity contribution < 1.29 is 4.42 Å². The molecule has 0 radical (unpaired) electrons. The van der Waals surface area contributed by atoms with Crippen molar-refractivity contribution in [2.24, 2.45) is 0 Å². The molecule has 0 saturated carbocycles. The van der Waals surface area contributed by atoms with Crippen LogP contribution in [0.25, 0.3) is 0 Å². The highest BCUT2D eigenvalue weighted by Crippen LogP contribution is 2.29. The fourth-order valence-corrected chi connectivity index (χ4v) is 2.48. The van der Waals surface area contributed by atoms with E-state index < -0.39 is 0 Å². The average molecular weight is 323 g/mol. The van der Waals surface area contributed by atoms with Crippen LogP contribution in [-0.4, -0.2) is 14.1 Å². The van der Waals surface area contributed by atoms with Crippen molar-refractivity contribution >= 4 is 21.6 Å². The Morgan fingerprint density at radius 1 is 1.37 bits per heavy atom. The van der Waals surface area contributed by atoms with Crippen LogP contribution in [0.3, 0.4) is 0 Å². The van der Waals surface area contributed by atoms with Crippen LogP contribution in [0.5, 0.6) is 0 Å². The minimum atomic E-state index is 0.298. The van der Waals surface area contributed by atoms with E-state index in [2.05, 4.69) is 58.3 Å². The number of nitrogens with zero attached hydrogens (tertiary/aromatic N) is 1. The van der Waals surface area contributed by atoms with Crippen LogP contribution in [0, 0.1) is 0 Å². The van der Waals surface area contributed by atoms with E-state index in [9.17, 15) is 0 Å². The summed E-state index contributed by atoms with van der Waals surface area (Å²) in [5, 5.41) is 3.29. The smallest absolute Gasteiger partial charge is 0.123 e. The summed E-state index contributed by atoms with van der Waals surface area (Å²) in [6.45, 7) is 2.92. The molecular weight excluding hydrogens is 304 g/mol. The van der Waals surface area contributed by atoms with Gasteiger partial charge in [-0.1, -0.05) is 15.9 Å². The predicted octanol–water partition coefficient (Wildman–Crippen LogP) is 3.96. The van der Waals surface area contributed by atoms with E-state index in [1.54, 1.807) is 6.26 Å². The lowest BCUT2D eigenvalue weighted by Crippen LogP contribution is -2.21. The molecule has 0 aliphatic rings. The first kappa shape index (κ1) is 14.2. The molecule has 2 aromatic rings. The van der Waals surface area contributed by atoms with Crippen molar-refractivity contribution in [1.29, 1.82) is 0 Å². The topological polar surface area (TPSA) is 28.4 Å². The SMILES string of the molecule is CNC(C)c1cc(Br)ccc1N(C)Cc1ccco1. The molecule has 4 heteroatoms. The Kier molecular flexibility index (Phi) is 4.66. The molecule has 0 amide bonds. The molecule has 1 N–H and O–H groups in total. The van der Waals surface area contributed by atoms with Crippen molar-refractivity contribution in [3.8, 4) is 0 Å². The molecule has 0 fully saturated rings. The average Bonchev–Trinajstić information content (AvgIpc) is 2.90. The molecular formula is C15H19BrN2O. The van der Waals surface area contributed by atoms with Gasteiger partial charge in [0.25, 0.3) is 0 Å². The van der Waals surface area contributed by atoms with Gasteiger partial charge in [0.15, 0.2) is 0 Å². The largest absolute Gasteiger partial charge is 0.467 e. The molecule has 102 valence electrons. The van der Waals surface area contributed by atoms with Gasteiger partial charge in [-0.25, -0.2) is 0 Å². The van der Waals surface area contributed by atoms with Crippen molar-refractivity contribution in [3.63, 3.8) is 0 Å². The quantitative estimate of drug-likeness (QED) is 0.903. The second-order valence-electron chi connectivity index (χ2n) is 4.65. The molecule has 1 aromatic heterocycles. The van der Waals surface area contributed by atoms with Crippen LogP contribution in [0.2, 0.25) is 0 Å². The number of anilines is 1. The summed E-state index contributed by atoms with van der Waals surface area (Å²) in [4.78, 5) is 2.20. The predicted molar refractivity (Wildman–Crippen MR) is 82.4 cm³/mol. The molecule has 1 unspecified atom stereocenters. The molecule has 0 aliphatic heterocycles. The third-order valence-electron chi connectivity index (χ3n) is 3.27. The first-order chi connectivity index (χ1) is 9.11. The number of hydrogen-bond acceptors (Lipinski definition) is 3. The Labute approximate surface area is 122 Å². The lowest BCUT2D eigenvalue weighted by molar-refractivity contribution is 0.507. The summed E-state index contributed by atoms with van der Waals surface area (Å²) >= 11 is 3.54. The number of benzene rings is 1. The first-order valence-corrected chi connectivity index (χ1v) is 7.11. The van der Waals surface area contributed by atoms with Gasteiger partial charge >= 0.3 is 0 Å². The molecule has 1 heterocycles. The molecule has 0 spiro atoms. The summed E-state index contributed by atoms with van der Waals surface area (Å²) in [5.41, 5.74) is 2.48. The van der Waals surface area contributed by atoms with E-state index >= 15 is 0 Å². The maximum Gasteiger partial charge on any atom is 0.123 e. The van der Waals surface area contributed by atoms with Crippen LogP contribution < -0.4 is 10.2 Å². The van der Waals surface area contributed by atoms with Gasteiger partial charge in [0.1, 0.15) is 5.76 Å². The van der Waals surface area contributed by atoms with E-state index in [4.69, 9.17) is 4.42 Å². The summed E-state index contributed by atoms with van der Waals surface area (Å²) in [6, 6.07) is 10.6. The van der Waals surface area contributed by atoms with Crippen molar-refractivity contribution in [2.45, 2.75) is 19.5 Å². The Bertz CT molecular complexity index is 525. The molecule has 1 atom stereocenters. The second-order valence-corrected chi connectivity index (χ2v) is 5.56. The molecule has 1 aromatic carbocycles. The minimum absolute atomic E-state index is 0.298. The zero-order valence-electron chi connectivity index (χ0n) is 11.5. The zero-order chi connectivity index (χ0) is 13.8. The summed E-state index contributed by atoms with van der Waals surface area (Å²) in [6.07, 6.45) is 1.71. The number of furan rings is 1. The van der Waals surface area contributed by atoms with Crippen LogP contribution >= 0.6 is 15.9 Å². The fraction of sp³-hybridized carbons (Fsp3) is 0.333. The highest BCUT2D eigenvalue weighted by molar-refractivity contribution is 9.10. The summed E-state index contributed by atoms with van der Waals surface area (Å²) in [7, 11) is 4.06. The molecule has 0 saturated heterocycles. The molecule has 0 aliphatic carbocycles. The molecule has 19 heavy (non-hydrogen) atoms. The third kappa shape index (κ3) is 3.39. The lowest BCUT2D eigenvalue weighted by atomic mass is 10.1. The van der Waals surface area contributed by atoms with E-state index in [1.165, 1.54) is 11.3 Å². The molecule has 0 bridgehead atoms. The standard InChI is InChI=1S/C15H19BrN2O/c1-11(17-2)14-9-12(16)6-7-15(14)18(3)10-13-5-4-8-19-13/h4-9,11,17H,10H2,1-3H3. The van der Waals surface area contributed by atoms with E-state index in [0.29, 0.717) is 6.04 Å². The Hall–Kier alpha value is -1.26. The van der Waals surface area contributed by atoms with Crippen LogP contribution in [0.1, 0.15) is 24.3 Å². The maximum atomic E-state index is 5.41. The number of halogens is 1. The molecule has 3 nitrogen and oxygen atoms in total. The van der Waals surface area contributed by atoms with Crippen molar-refractivity contribution in [2.75, 3.05) is 19.0 Å². The van der Waals surface area contributed by atoms with Gasteiger partial charge in [-0.15, -0.1) is 0 Å². The van der Waals surface area contributed by atoms with Crippen molar-refractivity contribution in [1.82, 2.24) is 5.32 Å². The maximum absolute atomic E-state index is 5.41. The highest BCUT2D eigenvalue weighted by Gasteiger charge is 2.13. The van der Waals surface area contributed by atoms with Gasteiger partial charge in [0.05, 0.1) is 12.8 Å². The number of nitrogens with one attached hydrogen (secondary N) is 1. The zero-order valence-corrected chi connectivity index (χ0v) is 13.1. The molecule has 2 rings (SSSR count). The van der Waals surface area contributed by atoms with Crippen molar-refractivity contribution in [3.05, 3.63) is 52.4 Å². The first-order valence-electron chi connectivity index (χ1n) is 6.32. The Morgan fingerprint density at radius 2 is 2.16 bits per heavy atom. The highest BCUT2D eigenvalue weighted by atomic mass is 79.9. The van der Waals surface area contributed by atoms with Crippen LogP contribution in [-0.2, 0) is 6.54 Å². The van der Waals surface area contributed by atoms with Gasteiger partial charge in [0, 0.05) is 23.2 Å². The van der Waals surface area contributed by atoms with E-state index in [-0.39, 0.29) is 0 Å². The Morgan fingerprint density at radius 3 is 2.79 bits per heavy atom. The van der Waals surface area contributed by atoms with Gasteiger partial charge in [-0.05, 0) is 49.9 Å². The monoisotopic (exact) mass is 322 g/mol. The van der Waals surface area contributed by atoms with Crippen LogP contribution in [0.4, 0.5) is 5.69 Å². The van der Waals surface area contributed by atoms with Gasteiger partial charge in [-0.3, -0.25) is 0 Å². The fourth-order valence-electron chi connectivity index (χ4n) is 2.10. The van der Waals surface area contributed by atoms with Gasteiger partial charge in [0.2, 0.25) is 0 Å². The van der Waals surface area contributed by atoms with Crippen LogP contribution in [0.15, 0.2) is 45.5 Å². The Balaban J connectivity index is 2.27.